The number of carbonyl (C=O) groups is 1. The van der Waals surface area contributed by atoms with E-state index in [1.54, 1.807) is 7.11 Å². The highest BCUT2D eigenvalue weighted by Gasteiger charge is 2.29. The van der Waals surface area contributed by atoms with E-state index in [9.17, 15) is 4.79 Å². The first-order chi connectivity index (χ1) is 10.1. The highest BCUT2D eigenvalue weighted by atomic mass is 16.5. The van der Waals surface area contributed by atoms with Crippen molar-refractivity contribution < 1.29 is 9.53 Å². The lowest BCUT2D eigenvalue weighted by Crippen LogP contribution is -2.55. The van der Waals surface area contributed by atoms with Gasteiger partial charge in [-0.2, -0.15) is 0 Å². The summed E-state index contributed by atoms with van der Waals surface area (Å²) >= 11 is 0. The molecule has 0 aromatic heterocycles. The van der Waals surface area contributed by atoms with Gasteiger partial charge in [0.2, 0.25) is 5.91 Å². The Labute approximate surface area is 129 Å². The van der Waals surface area contributed by atoms with E-state index < -0.39 is 0 Å². The summed E-state index contributed by atoms with van der Waals surface area (Å²) in [6.07, 6.45) is 4.51. The van der Waals surface area contributed by atoms with Crippen LogP contribution in [0, 0.1) is 0 Å². The van der Waals surface area contributed by atoms with E-state index in [4.69, 9.17) is 4.74 Å². The molecule has 1 aliphatic heterocycles. The maximum atomic E-state index is 12.3. The zero-order valence-corrected chi connectivity index (χ0v) is 14.2. The predicted octanol–water partition coefficient (Wildman–Crippen LogP) is 1.38. The number of hydrogen-bond donors (Lipinski definition) is 2. The van der Waals surface area contributed by atoms with Gasteiger partial charge < -0.3 is 15.4 Å². The fraction of sp³-hybridized carbons (Fsp3) is 0.938. The van der Waals surface area contributed by atoms with Gasteiger partial charge in [0, 0.05) is 38.9 Å². The fourth-order valence-electron chi connectivity index (χ4n) is 2.85. The van der Waals surface area contributed by atoms with Crippen LogP contribution in [0.15, 0.2) is 0 Å². The van der Waals surface area contributed by atoms with E-state index in [0.717, 1.165) is 19.5 Å². The zero-order chi connectivity index (χ0) is 15.7. The molecular formula is C16H33N3O2. The van der Waals surface area contributed by atoms with Gasteiger partial charge in [0.05, 0.1) is 6.04 Å². The fourth-order valence-corrected chi connectivity index (χ4v) is 2.85. The first kappa shape index (κ1) is 18.4. The van der Waals surface area contributed by atoms with Gasteiger partial charge >= 0.3 is 0 Å². The second-order valence-electron chi connectivity index (χ2n) is 6.26. The van der Waals surface area contributed by atoms with Crippen LogP contribution in [0.2, 0.25) is 0 Å². The van der Waals surface area contributed by atoms with Crippen LogP contribution >= 0.6 is 0 Å². The third-order valence-electron chi connectivity index (χ3n) is 4.14. The minimum absolute atomic E-state index is 0.0493. The first-order valence-electron chi connectivity index (χ1n) is 8.32. The summed E-state index contributed by atoms with van der Waals surface area (Å²) in [5.41, 5.74) is 0. The van der Waals surface area contributed by atoms with Gasteiger partial charge in [-0.3, -0.25) is 9.69 Å². The Morgan fingerprint density at radius 1 is 1.33 bits per heavy atom. The van der Waals surface area contributed by atoms with Crippen LogP contribution in [0.5, 0.6) is 0 Å². The molecule has 2 N–H and O–H groups in total. The topological polar surface area (TPSA) is 53.6 Å². The number of ether oxygens (including phenoxy) is 1. The van der Waals surface area contributed by atoms with Crippen molar-refractivity contribution in [3.8, 4) is 0 Å². The van der Waals surface area contributed by atoms with Crippen molar-refractivity contribution in [2.24, 2.45) is 0 Å². The number of carbonyl (C=O) groups excluding carboxylic acids is 1. The molecule has 0 aliphatic carbocycles. The Bertz CT molecular complexity index is 297. The molecule has 0 aromatic carbocycles. The van der Waals surface area contributed by atoms with Gasteiger partial charge in [0.15, 0.2) is 0 Å². The quantitative estimate of drug-likeness (QED) is 0.632. The van der Waals surface area contributed by atoms with Gasteiger partial charge in [-0.05, 0) is 32.7 Å². The zero-order valence-electron chi connectivity index (χ0n) is 14.2. The number of amides is 1. The normalized spacial score (nSPS) is 21.5. The Hall–Kier alpha value is -0.650. The van der Waals surface area contributed by atoms with E-state index in [1.807, 2.05) is 6.92 Å². The number of hydrogen-bond acceptors (Lipinski definition) is 4. The first-order valence-corrected chi connectivity index (χ1v) is 8.32. The Morgan fingerprint density at radius 2 is 2.10 bits per heavy atom. The Kier molecular flexibility index (Phi) is 8.88. The minimum atomic E-state index is -0.0493. The average molecular weight is 299 g/mol. The number of nitrogens with zero attached hydrogens (tertiary/aromatic N) is 1. The molecule has 5 nitrogen and oxygen atoms in total. The van der Waals surface area contributed by atoms with Crippen LogP contribution in [0.4, 0.5) is 0 Å². The molecule has 5 heteroatoms. The van der Waals surface area contributed by atoms with Crippen molar-refractivity contribution in [2.75, 3.05) is 33.4 Å². The molecule has 1 amide bonds. The minimum Gasteiger partial charge on any atom is -0.385 e. The number of rotatable bonds is 9. The molecule has 2 unspecified atom stereocenters. The van der Waals surface area contributed by atoms with Gasteiger partial charge in [-0.15, -0.1) is 0 Å². The Morgan fingerprint density at radius 3 is 2.76 bits per heavy atom. The number of methoxy groups -OCH3 is 1. The number of likely N-dealkylation sites (tertiary alicyclic amines) is 1. The van der Waals surface area contributed by atoms with E-state index >= 15 is 0 Å². The summed E-state index contributed by atoms with van der Waals surface area (Å²) < 4.78 is 5.00. The summed E-state index contributed by atoms with van der Waals surface area (Å²) in [6, 6.07) is 0.916. The van der Waals surface area contributed by atoms with Crippen molar-refractivity contribution in [3.63, 3.8) is 0 Å². The summed E-state index contributed by atoms with van der Waals surface area (Å²) in [6.45, 7) is 9.74. The molecule has 0 radical (unpaired) electrons. The largest absolute Gasteiger partial charge is 0.385 e. The maximum absolute atomic E-state index is 12.3. The lowest BCUT2D eigenvalue weighted by molar-refractivity contribution is -0.127. The maximum Gasteiger partial charge on any atom is 0.237 e. The standard InChI is InChI=1S/C16H33N3O2/c1-13(2)18-12-15-8-5-6-10-19(15)14(3)16(20)17-9-7-11-21-4/h13-15,18H,5-12H2,1-4H3,(H,17,20). The summed E-state index contributed by atoms with van der Waals surface area (Å²) in [5, 5.41) is 6.53. The molecular weight excluding hydrogens is 266 g/mol. The monoisotopic (exact) mass is 299 g/mol. The third-order valence-corrected chi connectivity index (χ3v) is 4.14. The van der Waals surface area contributed by atoms with Gasteiger partial charge in [-0.25, -0.2) is 0 Å². The van der Waals surface area contributed by atoms with Crippen LogP contribution < -0.4 is 10.6 Å². The molecule has 124 valence electrons. The van der Waals surface area contributed by atoms with Crippen LogP contribution in [0.1, 0.15) is 46.5 Å². The van der Waals surface area contributed by atoms with Crippen LogP contribution in [-0.4, -0.2) is 62.3 Å². The van der Waals surface area contributed by atoms with Crippen molar-refractivity contribution >= 4 is 5.91 Å². The molecule has 0 spiro atoms. The molecule has 0 saturated carbocycles. The molecule has 1 heterocycles. The highest BCUT2D eigenvalue weighted by Crippen LogP contribution is 2.19. The Balaban J connectivity index is 2.43. The molecule has 1 aliphatic rings. The molecule has 21 heavy (non-hydrogen) atoms. The van der Waals surface area contributed by atoms with Gasteiger partial charge in [0.25, 0.3) is 0 Å². The average Bonchev–Trinajstić information content (AvgIpc) is 2.48. The summed E-state index contributed by atoms with van der Waals surface area (Å²) in [4.78, 5) is 14.6. The molecule has 0 aromatic rings. The number of nitrogens with one attached hydrogen (secondary N) is 2. The lowest BCUT2D eigenvalue weighted by atomic mass is 9.99. The summed E-state index contributed by atoms with van der Waals surface area (Å²) in [5.74, 6) is 0.141. The van der Waals surface area contributed by atoms with Crippen molar-refractivity contribution in [1.82, 2.24) is 15.5 Å². The smallest absolute Gasteiger partial charge is 0.237 e. The van der Waals surface area contributed by atoms with Crippen LogP contribution in [0.3, 0.4) is 0 Å². The molecule has 1 saturated heterocycles. The number of piperidine rings is 1. The van der Waals surface area contributed by atoms with E-state index in [2.05, 4.69) is 29.4 Å². The molecule has 2 atom stereocenters. The van der Waals surface area contributed by atoms with Gasteiger partial charge in [0.1, 0.15) is 0 Å². The van der Waals surface area contributed by atoms with E-state index in [-0.39, 0.29) is 11.9 Å². The van der Waals surface area contributed by atoms with Crippen molar-refractivity contribution in [1.29, 1.82) is 0 Å². The predicted molar refractivity (Wildman–Crippen MR) is 86.4 cm³/mol. The van der Waals surface area contributed by atoms with Crippen LogP contribution in [-0.2, 0) is 9.53 Å². The third kappa shape index (κ3) is 6.76. The molecule has 1 fully saturated rings. The van der Waals surface area contributed by atoms with E-state index in [0.29, 0.717) is 25.2 Å². The van der Waals surface area contributed by atoms with Crippen molar-refractivity contribution in [2.45, 2.75) is 64.6 Å². The highest BCUT2D eigenvalue weighted by molar-refractivity contribution is 5.81. The summed E-state index contributed by atoms with van der Waals surface area (Å²) in [7, 11) is 1.69. The molecule has 1 rings (SSSR count). The van der Waals surface area contributed by atoms with Crippen LogP contribution in [0.25, 0.3) is 0 Å². The SMILES string of the molecule is COCCCNC(=O)C(C)N1CCCCC1CNC(C)C. The lowest BCUT2D eigenvalue weighted by Gasteiger charge is -2.39. The van der Waals surface area contributed by atoms with Gasteiger partial charge in [-0.1, -0.05) is 20.3 Å². The second kappa shape index (κ2) is 10.1. The van der Waals surface area contributed by atoms with E-state index in [1.165, 1.54) is 19.3 Å². The second-order valence-corrected chi connectivity index (χ2v) is 6.26. The molecule has 0 bridgehead atoms. The van der Waals surface area contributed by atoms with Crippen molar-refractivity contribution in [3.05, 3.63) is 0 Å².